The Bertz CT molecular complexity index is 1180. The summed E-state index contributed by atoms with van der Waals surface area (Å²) in [5.41, 5.74) is 3.38. The molecule has 0 saturated carbocycles. The Labute approximate surface area is 176 Å². The molecule has 0 aliphatic carbocycles. The number of hydrogen-bond donors (Lipinski definition) is 0. The number of fused-ring (bicyclic) bond motifs is 2. The zero-order chi connectivity index (χ0) is 21.8. The molecule has 0 aliphatic rings. The van der Waals surface area contributed by atoms with Gasteiger partial charge in [-0.25, -0.2) is 15.0 Å². The van der Waals surface area contributed by atoms with Crippen LogP contribution < -0.4 is 14.2 Å². The molecule has 30 heavy (non-hydrogen) atoms. The third kappa shape index (κ3) is 4.25. The van der Waals surface area contributed by atoms with Crippen LogP contribution in [0, 0.1) is 6.92 Å². The van der Waals surface area contributed by atoms with Gasteiger partial charge in [-0.3, -0.25) is 0 Å². The summed E-state index contributed by atoms with van der Waals surface area (Å²) in [7, 11) is 3.16. The quantitative estimate of drug-likeness (QED) is 0.393. The van der Waals surface area contributed by atoms with Gasteiger partial charge in [-0.05, 0) is 30.7 Å². The van der Waals surface area contributed by atoms with E-state index in [1.54, 1.807) is 26.4 Å². The number of alkyl halides is 2. The van der Waals surface area contributed by atoms with E-state index in [4.69, 9.17) is 14.5 Å². The van der Waals surface area contributed by atoms with Crippen LogP contribution in [0.15, 0.2) is 30.5 Å². The van der Waals surface area contributed by atoms with Gasteiger partial charge in [0.1, 0.15) is 22.0 Å². The van der Waals surface area contributed by atoms with Gasteiger partial charge in [-0.1, -0.05) is 13.8 Å². The average molecular weight is 433 g/mol. The van der Waals surface area contributed by atoms with E-state index in [0.717, 1.165) is 15.8 Å². The number of halogens is 2. The van der Waals surface area contributed by atoms with Crippen molar-refractivity contribution >= 4 is 32.6 Å². The summed E-state index contributed by atoms with van der Waals surface area (Å²) in [6, 6.07) is 7.36. The lowest BCUT2D eigenvalue weighted by Crippen LogP contribution is -2.04. The van der Waals surface area contributed by atoms with Gasteiger partial charge >= 0.3 is 6.61 Å². The monoisotopic (exact) mass is 433 g/mol. The van der Waals surface area contributed by atoms with Crippen molar-refractivity contribution in [3.05, 3.63) is 36.0 Å². The number of aryl methyl sites for hydroxylation is 1. The molecule has 9 heteroatoms. The molecule has 4 aromatic rings. The summed E-state index contributed by atoms with van der Waals surface area (Å²) in [6.07, 6.45) is 1.18. The molecule has 2 heterocycles. The largest absolute Gasteiger partial charge is 0.497 e. The molecule has 0 N–H and O–H groups in total. The summed E-state index contributed by atoms with van der Waals surface area (Å²) < 4.78 is 41.0. The fraction of sp³-hybridized carbons (Fsp3) is 0.286. The van der Waals surface area contributed by atoms with Crippen LogP contribution in [0.25, 0.3) is 31.8 Å². The van der Waals surface area contributed by atoms with Crippen molar-refractivity contribution in [3.63, 3.8) is 0 Å². The van der Waals surface area contributed by atoms with E-state index in [9.17, 15) is 8.78 Å². The van der Waals surface area contributed by atoms with Gasteiger partial charge < -0.3 is 14.2 Å². The minimum atomic E-state index is -2.96. The van der Waals surface area contributed by atoms with Crippen LogP contribution in [0.4, 0.5) is 8.78 Å². The molecular weight excluding hydrogens is 412 g/mol. The van der Waals surface area contributed by atoms with Crippen LogP contribution in [0.2, 0.25) is 0 Å². The molecule has 4 rings (SSSR count). The first-order valence-electron chi connectivity index (χ1n) is 9.23. The SMILES string of the molecule is CC.COc1cc(OC)c2nc(-c3cc(C)cc4nc(OC(F)F)cnc34)sc2c1. The van der Waals surface area contributed by atoms with Crippen LogP contribution >= 0.6 is 11.3 Å². The first-order valence-corrected chi connectivity index (χ1v) is 10.1. The van der Waals surface area contributed by atoms with Crippen molar-refractivity contribution in [2.45, 2.75) is 27.4 Å². The van der Waals surface area contributed by atoms with E-state index in [1.165, 1.54) is 17.5 Å². The Morgan fingerprint density at radius 1 is 0.967 bits per heavy atom. The van der Waals surface area contributed by atoms with Crippen molar-refractivity contribution < 1.29 is 23.0 Å². The van der Waals surface area contributed by atoms with Crippen molar-refractivity contribution in [2.24, 2.45) is 0 Å². The predicted octanol–water partition coefficient (Wildman–Crippen LogP) is 5.86. The average Bonchev–Trinajstić information content (AvgIpc) is 3.17. The standard InChI is InChI=1S/C19H15F2N3O3S.C2H6/c1-9-4-11(16-12(5-9)23-15(8-22-16)27-19(20)21)18-24-17-13(26-3)6-10(25-2)7-14(17)28-18;1-2/h4-8,19H,1-3H3;1-2H3. The molecule has 0 unspecified atom stereocenters. The minimum absolute atomic E-state index is 0.227. The number of hydrogen-bond acceptors (Lipinski definition) is 7. The van der Waals surface area contributed by atoms with Crippen molar-refractivity contribution in [1.29, 1.82) is 0 Å². The Morgan fingerprint density at radius 3 is 2.40 bits per heavy atom. The molecule has 158 valence electrons. The van der Waals surface area contributed by atoms with E-state index in [2.05, 4.69) is 14.7 Å². The molecule has 2 aromatic carbocycles. The van der Waals surface area contributed by atoms with Crippen molar-refractivity contribution in [3.8, 4) is 28.0 Å². The number of nitrogens with zero attached hydrogens (tertiary/aromatic N) is 3. The van der Waals surface area contributed by atoms with E-state index >= 15 is 0 Å². The molecule has 6 nitrogen and oxygen atoms in total. The Hall–Kier alpha value is -3.07. The lowest BCUT2D eigenvalue weighted by atomic mass is 10.1. The summed E-state index contributed by atoms with van der Waals surface area (Å²) in [5.74, 6) is 1.05. The first kappa shape index (κ1) is 21.6. The summed E-state index contributed by atoms with van der Waals surface area (Å²) in [6.45, 7) is 2.94. The highest BCUT2D eigenvalue weighted by atomic mass is 32.1. The molecule has 0 saturated heterocycles. The molecule has 0 atom stereocenters. The molecular formula is C21H21F2N3O3S. The Balaban J connectivity index is 0.00000124. The second-order valence-electron chi connectivity index (χ2n) is 5.96. The predicted molar refractivity (Wildman–Crippen MR) is 114 cm³/mol. The van der Waals surface area contributed by atoms with Crippen molar-refractivity contribution in [2.75, 3.05) is 14.2 Å². The van der Waals surface area contributed by atoms with Gasteiger partial charge in [-0.2, -0.15) is 8.78 Å². The van der Waals surface area contributed by atoms with Crippen LogP contribution in [0.3, 0.4) is 0 Å². The number of thiazole rings is 1. The zero-order valence-corrected chi connectivity index (χ0v) is 18.0. The number of methoxy groups -OCH3 is 2. The van der Waals surface area contributed by atoms with Crippen LogP contribution in [0.1, 0.15) is 19.4 Å². The highest BCUT2D eigenvalue weighted by Gasteiger charge is 2.17. The number of aromatic nitrogens is 3. The number of benzene rings is 2. The van der Waals surface area contributed by atoms with Gasteiger partial charge in [0.15, 0.2) is 0 Å². The third-order valence-corrected chi connectivity index (χ3v) is 5.13. The molecule has 0 aliphatic heterocycles. The van der Waals surface area contributed by atoms with E-state index in [1.807, 2.05) is 32.9 Å². The second-order valence-corrected chi connectivity index (χ2v) is 6.99. The highest BCUT2D eigenvalue weighted by molar-refractivity contribution is 7.21. The second kappa shape index (κ2) is 9.17. The maximum atomic E-state index is 12.5. The molecule has 0 spiro atoms. The smallest absolute Gasteiger partial charge is 0.388 e. The molecule has 0 fully saturated rings. The summed E-state index contributed by atoms with van der Waals surface area (Å²) in [5, 5.41) is 0.715. The van der Waals surface area contributed by atoms with Crippen LogP contribution in [-0.2, 0) is 0 Å². The maximum absolute atomic E-state index is 12.5. The van der Waals surface area contributed by atoms with E-state index in [-0.39, 0.29) is 5.88 Å². The number of rotatable bonds is 5. The van der Waals surface area contributed by atoms with Gasteiger partial charge in [0.05, 0.1) is 36.1 Å². The fourth-order valence-electron chi connectivity index (χ4n) is 2.92. The zero-order valence-electron chi connectivity index (χ0n) is 17.2. The van der Waals surface area contributed by atoms with E-state index in [0.29, 0.717) is 33.1 Å². The topological polar surface area (TPSA) is 66.4 Å². The maximum Gasteiger partial charge on any atom is 0.388 e. The van der Waals surface area contributed by atoms with Gasteiger partial charge in [0.25, 0.3) is 0 Å². The van der Waals surface area contributed by atoms with Crippen LogP contribution in [-0.4, -0.2) is 35.8 Å². The highest BCUT2D eigenvalue weighted by Crippen LogP contribution is 2.39. The fourth-order valence-corrected chi connectivity index (χ4v) is 3.95. The van der Waals surface area contributed by atoms with Crippen LogP contribution in [0.5, 0.6) is 17.4 Å². The third-order valence-electron chi connectivity index (χ3n) is 4.10. The molecule has 0 bridgehead atoms. The molecule has 2 aromatic heterocycles. The van der Waals surface area contributed by atoms with Gasteiger partial charge in [0.2, 0.25) is 5.88 Å². The number of ether oxygens (including phenoxy) is 3. The normalized spacial score (nSPS) is 10.8. The molecule has 0 radical (unpaired) electrons. The first-order chi connectivity index (χ1) is 14.5. The van der Waals surface area contributed by atoms with E-state index < -0.39 is 6.61 Å². The summed E-state index contributed by atoms with van der Waals surface area (Å²) in [4.78, 5) is 13.1. The van der Waals surface area contributed by atoms with Gasteiger partial charge in [0, 0.05) is 11.6 Å². The lowest BCUT2D eigenvalue weighted by molar-refractivity contribution is -0.0528. The Kier molecular flexibility index (Phi) is 6.61. The lowest BCUT2D eigenvalue weighted by Gasteiger charge is -2.07. The molecule has 0 amide bonds. The summed E-state index contributed by atoms with van der Waals surface area (Å²) >= 11 is 1.46. The van der Waals surface area contributed by atoms with Gasteiger partial charge in [-0.15, -0.1) is 11.3 Å². The minimum Gasteiger partial charge on any atom is -0.497 e. The Morgan fingerprint density at radius 2 is 1.73 bits per heavy atom. The van der Waals surface area contributed by atoms with Crippen molar-refractivity contribution in [1.82, 2.24) is 15.0 Å².